The molecule has 1 aliphatic rings. The van der Waals surface area contributed by atoms with Gasteiger partial charge in [-0.2, -0.15) is 0 Å². The van der Waals surface area contributed by atoms with Gasteiger partial charge in [0.25, 0.3) is 5.91 Å². The first-order chi connectivity index (χ1) is 7.74. The minimum Gasteiger partial charge on any atom is -0.337 e. The van der Waals surface area contributed by atoms with Crippen LogP contribution in [0, 0.1) is 6.92 Å². The quantitative estimate of drug-likeness (QED) is 0.733. The number of amides is 1. The number of rotatable bonds is 0. The van der Waals surface area contributed by atoms with Crippen LogP contribution in [0.3, 0.4) is 0 Å². The zero-order chi connectivity index (χ0) is 11.1. The summed E-state index contributed by atoms with van der Waals surface area (Å²) >= 11 is 1.48. The maximum Gasteiger partial charge on any atom is 0.267 e. The van der Waals surface area contributed by atoms with Crippen molar-refractivity contribution in [1.29, 1.82) is 0 Å². The number of aryl methyl sites for hydroxylation is 1. The standard InChI is InChI=1S/C11H9N3OS/c1-6-5-8-9(16-6)11(15)14-7-3-2-4-12-10(7)13-8/h2-5H,1H3,(H,12,13)(H,14,15). The van der Waals surface area contributed by atoms with E-state index in [1.165, 1.54) is 11.3 Å². The zero-order valence-corrected chi connectivity index (χ0v) is 9.39. The van der Waals surface area contributed by atoms with Crippen LogP contribution >= 0.6 is 11.3 Å². The van der Waals surface area contributed by atoms with E-state index in [0.29, 0.717) is 16.4 Å². The topological polar surface area (TPSA) is 54.0 Å². The molecular formula is C11H9N3OS. The third-order valence-corrected chi connectivity index (χ3v) is 3.42. The molecular weight excluding hydrogens is 222 g/mol. The summed E-state index contributed by atoms with van der Waals surface area (Å²) in [4.78, 5) is 17.9. The van der Waals surface area contributed by atoms with Crippen molar-refractivity contribution in [2.45, 2.75) is 6.92 Å². The summed E-state index contributed by atoms with van der Waals surface area (Å²) in [6.45, 7) is 1.98. The molecule has 2 aromatic heterocycles. The van der Waals surface area contributed by atoms with Crippen LogP contribution in [0.4, 0.5) is 17.2 Å². The van der Waals surface area contributed by atoms with Gasteiger partial charge in [0.05, 0.1) is 11.4 Å². The summed E-state index contributed by atoms with van der Waals surface area (Å²) in [5, 5.41) is 6.01. The molecule has 0 aromatic carbocycles. The van der Waals surface area contributed by atoms with Crippen molar-refractivity contribution in [2.24, 2.45) is 0 Å². The number of carbonyl (C=O) groups excluding carboxylic acids is 1. The Morgan fingerprint density at radius 1 is 1.31 bits per heavy atom. The van der Waals surface area contributed by atoms with Crippen LogP contribution < -0.4 is 10.6 Å². The van der Waals surface area contributed by atoms with Gasteiger partial charge in [-0.15, -0.1) is 11.3 Å². The first-order valence-corrected chi connectivity index (χ1v) is 5.69. The van der Waals surface area contributed by atoms with E-state index in [1.54, 1.807) is 12.3 Å². The van der Waals surface area contributed by atoms with E-state index in [0.717, 1.165) is 10.6 Å². The Balaban J connectivity index is 2.17. The van der Waals surface area contributed by atoms with Gasteiger partial charge in [0.15, 0.2) is 5.82 Å². The van der Waals surface area contributed by atoms with E-state index >= 15 is 0 Å². The third kappa shape index (κ3) is 1.37. The molecule has 0 spiro atoms. The molecule has 16 heavy (non-hydrogen) atoms. The normalized spacial score (nSPS) is 13.2. The fourth-order valence-corrected chi connectivity index (χ4v) is 2.55. The Morgan fingerprint density at radius 3 is 3.06 bits per heavy atom. The maximum atomic E-state index is 11.9. The lowest BCUT2D eigenvalue weighted by atomic mass is 10.3. The first kappa shape index (κ1) is 9.35. The molecule has 3 rings (SSSR count). The molecule has 0 saturated carbocycles. The molecule has 5 heteroatoms. The molecule has 0 radical (unpaired) electrons. The summed E-state index contributed by atoms with van der Waals surface area (Å²) in [6.07, 6.45) is 1.70. The number of nitrogens with one attached hydrogen (secondary N) is 2. The van der Waals surface area contributed by atoms with E-state index in [9.17, 15) is 4.79 Å². The van der Waals surface area contributed by atoms with E-state index in [1.807, 2.05) is 19.1 Å². The number of hydrogen-bond acceptors (Lipinski definition) is 4. The summed E-state index contributed by atoms with van der Waals surface area (Å²) in [6, 6.07) is 5.59. The molecule has 1 aliphatic heterocycles. The van der Waals surface area contributed by atoms with Gasteiger partial charge in [0.2, 0.25) is 0 Å². The van der Waals surface area contributed by atoms with E-state index in [-0.39, 0.29) is 5.91 Å². The van der Waals surface area contributed by atoms with Crippen molar-refractivity contribution >= 4 is 34.4 Å². The number of anilines is 3. The van der Waals surface area contributed by atoms with Gasteiger partial charge in [-0.1, -0.05) is 0 Å². The second-order valence-electron chi connectivity index (χ2n) is 3.58. The second-order valence-corrected chi connectivity index (χ2v) is 4.83. The van der Waals surface area contributed by atoms with Crippen molar-refractivity contribution in [3.05, 3.63) is 34.2 Å². The average Bonchev–Trinajstić information content (AvgIpc) is 2.57. The van der Waals surface area contributed by atoms with Crippen LogP contribution in [0.15, 0.2) is 24.4 Å². The number of hydrogen-bond donors (Lipinski definition) is 2. The van der Waals surface area contributed by atoms with Crippen LogP contribution in [-0.2, 0) is 0 Å². The van der Waals surface area contributed by atoms with Crippen LogP contribution in [0.1, 0.15) is 14.5 Å². The Morgan fingerprint density at radius 2 is 2.19 bits per heavy atom. The predicted octanol–water partition coefficient (Wildman–Crippen LogP) is 2.76. The number of fused-ring (bicyclic) bond motifs is 2. The van der Waals surface area contributed by atoms with Gasteiger partial charge < -0.3 is 10.6 Å². The largest absolute Gasteiger partial charge is 0.337 e. The minimum atomic E-state index is -0.0765. The fraction of sp³-hybridized carbons (Fsp3) is 0.0909. The smallest absolute Gasteiger partial charge is 0.267 e. The molecule has 0 unspecified atom stereocenters. The summed E-state index contributed by atoms with van der Waals surface area (Å²) < 4.78 is 0. The molecule has 2 aromatic rings. The molecule has 4 nitrogen and oxygen atoms in total. The molecule has 80 valence electrons. The van der Waals surface area contributed by atoms with Crippen molar-refractivity contribution in [3.8, 4) is 0 Å². The van der Waals surface area contributed by atoms with Crippen molar-refractivity contribution in [1.82, 2.24) is 4.98 Å². The summed E-state index contributed by atoms with van der Waals surface area (Å²) in [5.41, 5.74) is 1.55. The summed E-state index contributed by atoms with van der Waals surface area (Å²) in [5.74, 6) is 0.611. The highest BCUT2D eigenvalue weighted by Crippen LogP contribution is 2.34. The molecule has 0 atom stereocenters. The van der Waals surface area contributed by atoms with Gasteiger partial charge in [-0.05, 0) is 25.1 Å². The molecule has 3 heterocycles. The number of pyridine rings is 1. The molecule has 0 bridgehead atoms. The number of aromatic nitrogens is 1. The number of nitrogens with zero attached hydrogens (tertiary/aromatic N) is 1. The van der Waals surface area contributed by atoms with E-state index in [4.69, 9.17) is 0 Å². The Bertz CT molecular complexity index is 576. The Hall–Kier alpha value is -1.88. The Kier molecular flexibility index (Phi) is 1.94. The van der Waals surface area contributed by atoms with Gasteiger partial charge in [0.1, 0.15) is 4.88 Å². The maximum absolute atomic E-state index is 11.9. The van der Waals surface area contributed by atoms with Gasteiger partial charge in [-0.25, -0.2) is 4.98 Å². The number of carbonyl (C=O) groups is 1. The van der Waals surface area contributed by atoms with Crippen molar-refractivity contribution < 1.29 is 4.79 Å². The van der Waals surface area contributed by atoms with Crippen LogP contribution in [0.2, 0.25) is 0 Å². The van der Waals surface area contributed by atoms with Crippen molar-refractivity contribution in [2.75, 3.05) is 10.6 Å². The minimum absolute atomic E-state index is 0.0765. The lowest BCUT2D eigenvalue weighted by molar-refractivity contribution is 0.103. The second kappa shape index (κ2) is 3.31. The SMILES string of the molecule is Cc1cc2c(s1)C(=O)Nc1cccnc1N2. The monoisotopic (exact) mass is 231 g/mol. The first-order valence-electron chi connectivity index (χ1n) is 4.88. The Labute approximate surface area is 96.3 Å². The highest BCUT2D eigenvalue weighted by molar-refractivity contribution is 7.14. The lowest BCUT2D eigenvalue weighted by Crippen LogP contribution is -2.08. The average molecular weight is 231 g/mol. The third-order valence-electron chi connectivity index (χ3n) is 2.37. The molecule has 2 N–H and O–H groups in total. The number of thiophene rings is 1. The van der Waals surface area contributed by atoms with Gasteiger partial charge in [0, 0.05) is 11.1 Å². The predicted molar refractivity (Wildman–Crippen MR) is 64.5 cm³/mol. The van der Waals surface area contributed by atoms with Crippen LogP contribution in [0.5, 0.6) is 0 Å². The highest BCUT2D eigenvalue weighted by atomic mass is 32.1. The molecule has 0 fully saturated rings. The molecule has 0 saturated heterocycles. The van der Waals surface area contributed by atoms with E-state index < -0.39 is 0 Å². The summed E-state index contributed by atoms with van der Waals surface area (Å²) in [7, 11) is 0. The van der Waals surface area contributed by atoms with Crippen LogP contribution in [0.25, 0.3) is 0 Å². The van der Waals surface area contributed by atoms with Gasteiger partial charge in [-0.3, -0.25) is 4.79 Å². The molecule has 1 amide bonds. The highest BCUT2D eigenvalue weighted by Gasteiger charge is 2.21. The van der Waals surface area contributed by atoms with Crippen molar-refractivity contribution in [3.63, 3.8) is 0 Å². The van der Waals surface area contributed by atoms with Crippen LogP contribution in [-0.4, -0.2) is 10.9 Å². The fourth-order valence-electron chi connectivity index (χ4n) is 1.69. The molecule has 0 aliphatic carbocycles. The van der Waals surface area contributed by atoms with E-state index in [2.05, 4.69) is 15.6 Å². The zero-order valence-electron chi connectivity index (χ0n) is 8.57. The van der Waals surface area contributed by atoms with Gasteiger partial charge >= 0.3 is 0 Å². The lowest BCUT2D eigenvalue weighted by Gasteiger charge is -2.04.